The number of nitrogens with one attached hydrogen (secondary N) is 1. The molecule has 0 spiro atoms. The molecule has 1 atom stereocenters. The molecule has 1 aliphatic carbocycles. The van der Waals surface area contributed by atoms with Gasteiger partial charge < -0.3 is 16.0 Å². The summed E-state index contributed by atoms with van der Waals surface area (Å²) in [5.41, 5.74) is 8.12. The molecular formula is C17H22BrN3O2. The Morgan fingerprint density at radius 3 is 2.74 bits per heavy atom. The second-order valence-corrected chi connectivity index (χ2v) is 7.47. The number of benzene rings is 1. The zero-order valence-electron chi connectivity index (χ0n) is 13.3. The van der Waals surface area contributed by atoms with Crippen LogP contribution in [0.5, 0.6) is 0 Å². The second kappa shape index (κ2) is 6.51. The molecule has 124 valence electrons. The van der Waals surface area contributed by atoms with Crippen LogP contribution in [0.2, 0.25) is 0 Å². The van der Waals surface area contributed by atoms with Gasteiger partial charge in [0.2, 0.25) is 11.8 Å². The van der Waals surface area contributed by atoms with E-state index in [2.05, 4.69) is 21.2 Å². The number of hydrogen-bond donors (Lipinski definition) is 2. The number of rotatable bonds is 3. The number of nitrogens with two attached hydrogens (primary N) is 1. The zero-order valence-corrected chi connectivity index (χ0v) is 14.9. The first-order valence-electron chi connectivity index (χ1n) is 8.11. The number of halogens is 1. The Hall–Kier alpha value is -1.56. The van der Waals surface area contributed by atoms with Gasteiger partial charge in [-0.05, 0) is 37.5 Å². The normalized spacial score (nSPS) is 21.9. The molecule has 1 heterocycles. The Kier molecular flexibility index (Phi) is 4.62. The van der Waals surface area contributed by atoms with Crippen LogP contribution in [-0.2, 0) is 9.59 Å². The number of aryl methyl sites for hydroxylation is 1. The van der Waals surface area contributed by atoms with Gasteiger partial charge in [0.25, 0.3) is 0 Å². The van der Waals surface area contributed by atoms with Crippen molar-refractivity contribution in [3.8, 4) is 0 Å². The third-order valence-electron chi connectivity index (χ3n) is 4.90. The minimum atomic E-state index is -0.290. The highest BCUT2D eigenvalue weighted by Crippen LogP contribution is 2.31. The quantitative estimate of drug-likeness (QED) is 0.792. The van der Waals surface area contributed by atoms with E-state index in [0.29, 0.717) is 30.4 Å². The first-order valence-corrected chi connectivity index (χ1v) is 8.91. The van der Waals surface area contributed by atoms with Gasteiger partial charge in [0.1, 0.15) is 0 Å². The van der Waals surface area contributed by atoms with Crippen molar-refractivity contribution in [2.45, 2.75) is 45.1 Å². The van der Waals surface area contributed by atoms with Gasteiger partial charge in [0, 0.05) is 23.5 Å². The molecule has 1 aromatic rings. The highest BCUT2D eigenvalue weighted by molar-refractivity contribution is 9.10. The smallest absolute Gasteiger partial charge is 0.229 e. The van der Waals surface area contributed by atoms with Crippen LogP contribution >= 0.6 is 15.9 Å². The van der Waals surface area contributed by atoms with Crippen molar-refractivity contribution < 1.29 is 9.59 Å². The number of nitrogen functional groups attached to an aromatic ring is 1. The predicted octanol–water partition coefficient (Wildman–Crippen LogP) is 3.07. The summed E-state index contributed by atoms with van der Waals surface area (Å²) in [5.74, 6) is -0.305. The van der Waals surface area contributed by atoms with Crippen molar-refractivity contribution >= 4 is 39.1 Å². The fourth-order valence-electron chi connectivity index (χ4n) is 3.57. The molecule has 2 fully saturated rings. The van der Waals surface area contributed by atoms with E-state index in [1.54, 1.807) is 6.07 Å². The highest BCUT2D eigenvalue weighted by atomic mass is 79.9. The van der Waals surface area contributed by atoms with E-state index in [1.807, 2.05) is 17.9 Å². The monoisotopic (exact) mass is 379 g/mol. The number of carbonyl (C=O) groups is 2. The van der Waals surface area contributed by atoms with E-state index in [9.17, 15) is 9.59 Å². The minimum absolute atomic E-state index is 0.107. The molecule has 6 heteroatoms. The van der Waals surface area contributed by atoms with Crippen molar-refractivity contribution in [3.63, 3.8) is 0 Å². The Labute approximate surface area is 144 Å². The molecule has 1 aromatic carbocycles. The first kappa shape index (κ1) is 16.3. The number of hydrogen-bond acceptors (Lipinski definition) is 3. The summed E-state index contributed by atoms with van der Waals surface area (Å²) < 4.78 is 0.870. The average Bonchev–Trinajstić information content (AvgIpc) is 3.13. The SMILES string of the molecule is Cc1cc(Br)cc(NC(=O)C2CC(=O)N(C3CCCC3)C2)c1N. The Morgan fingerprint density at radius 1 is 1.35 bits per heavy atom. The molecule has 23 heavy (non-hydrogen) atoms. The number of likely N-dealkylation sites (tertiary alicyclic amines) is 1. The van der Waals surface area contributed by atoms with Crippen LogP contribution in [-0.4, -0.2) is 29.3 Å². The van der Waals surface area contributed by atoms with Crippen molar-refractivity contribution in [1.82, 2.24) is 4.90 Å². The largest absolute Gasteiger partial charge is 0.397 e. The molecule has 3 N–H and O–H groups in total. The maximum Gasteiger partial charge on any atom is 0.229 e. The van der Waals surface area contributed by atoms with Gasteiger partial charge in [0.15, 0.2) is 0 Å². The van der Waals surface area contributed by atoms with E-state index in [-0.39, 0.29) is 17.7 Å². The molecule has 2 aliphatic rings. The predicted molar refractivity (Wildman–Crippen MR) is 94.0 cm³/mol. The topological polar surface area (TPSA) is 75.4 Å². The van der Waals surface area contributed by atoms with Crippen LogP contribution in [0, 0.1) is 12.8 Å². The molecule has 1 aliphatic heterocycles. The van der Waals surface area contributed by atoms with Gasteiger partial charge in [-0.2, -0.15) is 0 Å². The summed E-state index contributed by atoms with van der Waals surface area (Å²) in [5, 5.41) is 2.89. The lowest BCUT2D eigenvalue weighted by atomic mass is 10.1. The molecule has 3 rings (SSSR count). The lowest BCUT2D eigenvalue weighted by molar-refractivity contribution is -0.129. The Balaban J connectivity index is 1.68. The summed E-state index contributed by atoms with van der Waals surface area (Å²) in [4.78, 5) is 26.7. The van der Waals surface area contributed by atoms with E-state index < -0.39 is 0 Å². The van der Waals surface area contributed by atoms with Crippen LogP contribution in [0.25, 0.3) is 0 Å². The van der Waals surface area contributed by atoms with Gasteiger partial charge in [-0.15, -0.1) is 0 Å². The van der Waals surface area contributed by atoms with Crippen LogP contribution < -0.4 is 11.1 Å². The van der Waals surface area contributed by atoms with Crippen molar-refractivity contribution in [3.05, 3.63) is 22.2 Å². The van der Waals surface area contributed by atoms with Gasteiger partial charge >= 0.3 is 0 Å². The van der Waals surface area contributed by atoms with Crippen LogP contribution in [0.4, 0.5) is 11.4 Å². The lowest BCUT2D eigenvalue weighted by Gasteiger charge is -2.24. The van der Waals surface area contributed by atoms with Crippen molar-refractivity contribution in [2.24, 2.45) is 5.92 Å². The number of carbonyl (C=O) groups excluding carboxylic acids is 2. The summed E-state index contributed by atoms with van der Waals surface area (Å²) in [6, 6.07) is 4.04. The molecule has 1 saturated heterocycles. The molecule has 0 bridgehead atoms. The molecule has 0 radical (unpaired) electrons. The van der Waals surface area contributed by atoms with Gasteiger partial charge in [-0.3, -0.25) is 9.59 Å². The molecule has 1 unspecified atom stereocenters. The number of amides is 2. The van der Waals surface area contributed by atoms with Crippen molar-refractivity contribution in [1.29, 1.82) is 0 Å². The molecule has 5 nitrogen and oxygen atoms in total. The van der Waals surface area contributed by atoms with Gasteiger partial charge in [-0.1, -0.05) is 28.8 Å². The fourth-order valence-corrected chi connectivity index (χ4v) is 4.14. The maximum atomic E-state index is 12.5. The summed E-state index contributed by atoms with van der Waals surface area (Å²) in [7, 11) is 0. The lowest BCUT2D eigenvalue weighted by Crippen LogP contribution is -2.35. The second-order valence-electron chi connectivity index (χ2n) is 6.56. The van der Waals surface area contributed by atoms with E-state index in [0.717, 1.165) is 22.9 Å². The average molecular weight is 380 g/mol. The Morgan fingerprint density at radius 2 is 2.04 bits per heavy atom. The Bertz CT molecular complexity index is 641. The standard InChI is InChI=1S/C17H22BrN3O2/c1-10-6-12(18)8-14(16(10)19)20-17(23)11-7-15(22)21(9-11)13-4-2-3-5-13/h6,8,11,13H,2-5,7,9,19H2,1H3,(H,20,23). The van der Waals surface area contributed by atoms with E-state index in [1.165, 1.54) is 12.8 Å². The van der Waals surface area contributed by atoms with Gasteiger partial charge in [0.05, 0.1) is 17.3 Å². The zero-order chi connectivity index (χ0) is 16.6. The van der Waals surface area contributed by atoms with Crippen molar-refractivity contribution in [2.75, 3.05) is 17.6 Å². The molecular weight excluding hydrogens is 358 g/mol. The van der Waals surface area contributed by atoms with Gasteiger partial charge in [-0.25, -0.2) is 0 Å². The van der Waals surface area contributed by atoms with E-state index >= 15 is 0 Å². The van der Waals surface area contributed by atoms with E-state index in [4.69, 9.17) is 5.73 Å². The summed E-state index contributed by atoms with van der Waals surface area (Å²) in [6.07, 6.45) is 4.79. The molecule has 0 aromatic heterocycles. The number of anilines is 2. The minimum Gasteiger partial charge on any atom is -0.397 e. The number of nitrogens with zero attached hydrogens (tertiary/aromatic N) is 1. The van der Waals surface area contributed by atoms with Crippen LogP contribution in [0.3, 0.4) is 0 Å². The third-order valence-corrected chi connectivity index (χ3v) is 5.36. The fraction of sp³-hybridized carbons (Fsp3) is 0.529. The highest BCUT2D eigenvalue weighted by Gasteiger charge is 2.38. The first-order chi connectivity index (χ1) is 11.0. The summed E-state index contributed by atoms with van der Waals surface area (Å²) >= 11 is 3.42. The maximum absolute atomic E-state index is 12.5. The molecule has 2 amide bonds. The van der Waals surface area contributed by atoms with Crippen LogP contribution in [0.1, 0.15) is 37.7 Å². The third kappa shape index (κ3) is 3.37. The summed E-state index contributed by atoms with van der Waals surface area (Å²) in [6.45, 7) is 2.43. The molecule has 1 saturated carbocycles. The van der Waals surface area contributed by atoms with Crippen LogP contribution in [0.15, 0.2) is 16.6 Å².